The summed E-state index contributed by atoms with van der Waals surface area (Å²) < 4.78 is 0. The van der Waals surface area contributed by atoms with Crippen LogP contribution < -0.4 is 5.90 Å². The van der Waals surface area contributed by atoms with Gasteiger partial charge in [0.15, 0.2) is 0 Å². The van der Waals surface area contributed by atoms with Crippen molar-refractivity contribution in [2.24, 2.45) is 5.90 Å². The highest BCUT2D eigenvalue weighted by atomic mass is 16.6. The van der Waals surface area contributed by atoms with Gasteiger partial charge in [0.2, 0.25) is 0 Å². The molecule has 0 aromatic heterocycles. The monoisotopic (exact) mass is 234 g/mol. The summed E-state index contributed by atoms with van der Waals surface area (Å²) in [5.74, 6) is 5.27. The SMILES string of the molecule is Cc1ccccc1C(=O)N1CCCC(ON)C1. The van der Waals surface area contributed by atoms with E-state index in [2.05, 4.69) is 0 Å². The minimum Gasteiger partial charge on any atom is -0.336 e. The maximum atomic E-state index is 12.3. The number of aryl methyl sites for hydroxylation is 1. The van der Waals surface area contributed by atoms with Crippen molar-refractivity contribution in [3.05, 3.63) is 35.4 Å². The van der Waals surface area contributed by atoms with Gasteiger partial charge in [-0.3, -0.25) is 9.63 Å². The van der Waals surface area contributed by atoms with Crippen molar-refractivity contribution in [2.75, 3.05) is 13.1 Å². The summed E-state index contributed by atoms with van der Waals surface area (Å²) in [6.45, 7) is 3.32. The normalized spacial score (nSPS) is 20.4. The molecule has 1 aliphatic heterocycles. The number of hydrogen-bond donors (Lipinski definition) is 1. The van der Waals surface area contributed by atoms with Crippen molar-refractivity contribution in [3.63, 3.8) is 0 Å². The summed E-state index contributed by atoms with van der Waals surface area (Å²) in [4.78, 5) is 19.0. The van der Waals surface area contributed by atoms with Gasteiger partial charge >= 0.3 is 0 Å². The summed E-state index contributed by atoms with van der Waals surface area (Å²) in [7, 11) is 0. The minimum atomic E-state index is -0.0308. The van der Waals surface area contributed by atoms with Crippen LogP contribution in [0.25, 0.3) is 0 Å². The molecule has 1 aliphatic rings. The predicted octanol–water partition coefficient (Wildman–Crippen LogP) is 1.49. The van der Waals surface area contributed by atoms with Crippen LogP contribution in [0.15, 0.2) is 24.3 Å². The van der Waals surface area contributed by atoms with Crippen molar-refractivity contribution < 1.29 is 9.63 Å². The molecule has 1 amide bonds. The van der Waals surface area contributed by atoms with E-state index in [1.807, 2.05) is 36.1 Å². The Morgan fingerprint density at radius 1 is 1.47 bits per heavy atom. The molecule has 0 bridgehead atoms. The Morgan fingerprint density at radius 3 is 2.94 bits per heavy atom. The lowest BCUT2D eigenvalue weighted by molar-refractivity contribution is 0.000940. The second kappa shape index (κ2) is 5.29. The summed E-state index contributed by atoms with van der Waals surface area (Å²) in [6.07, 6.45) is 1.84. The number of amides is 1. The first-order valence-corrected chi connectivity index (χ1v) is 5.93. The molecule has 1 heterocycles. The Hall–Kier alpha value is -1.39. The van der Waals surface area contributed by atoms with Crippen LogP contribution in [0, 0.1) is 6.92 Å². The zero-order valence-electron chi connectivity index (χ0n) is 10.1. The summed E-state index contributed by atoms with van der Waals surface area (Å²) in [5, 5.41) is 0. The largest absolute Gasteiger partial charge is 0.336 e. The number of carbonyl (C=O) groups excluding carboxylic acids is 1. The van der Waals surface area contributed by atoms with Crippen molar-refractivity contribution in [3.8, 4) is 0 Å². The van der Waals surface area contributed by atoms with E-state index in [1.165, 1.54) is 0 Å². The number of rotatable bonds is 2. The van der Waals surface area contributed by atoms with E-state index in [0.717, 1.165) is 30.5 Å². The van der Waals surface area contributed by atoms with Crippen LogP contribution in [0.1, 0.15) is 28.8 Å². The van der Waals surface area contributed by atoms with Crippen LogP contribution in [-0.4, -0.2) is 30.0 Å². The highest BCUT2D eigenvalue weighted by Crippen LogP contribution is 2.16. The number of piperidine rings is 1. The first-order chi connectivity index (χ1) is 8.22. The number of nitrogens with zero attached hydrogens (tertiary/aromatic N) is 1. The molecule has 0 aliphatic carbocycles. The zero-order valence-corrected chi connectivity index (χ0v) is 10.1. The topological polar surface area (TPSA) is 55.6 Å². The van der Waals surface area contributed by atoms with E-state index in [1.54, 1.807) is 0 Å². The molecule has 0 spiro atoms. The van der Waals surface area contributed by atoms with Crippen LogP contribution in [0.3, 0.4) is 0 Å². The summed E-state index contributed by atoms with van der Waals surface area (Å²) in [5.41, 5.74) is 1.78. The molecule has 1 aromatic carbocycles. The van der Waals surface area contributed by atoms with Crippen molar-refractivity contribution in [1.82, 2.24) is 4.90 Å². The summed E-state index contributed by atoms with van der Waals surface area (Å²) in [6, 6.07) is 7.65. The quantitative estimate of drug-likeness (QED) is 0.789. The molecule has 1 aromatic rings. The second-order valence-electron chi connectivity index (χ2n) is 4.47. The average Bonchev–Trinajstić information content (AvgIpc) is 2.38. The smallest absolute Gasteiger partial charge is 0.254 e. The van der Waals surface area contributed by atoms with Crippen LogP contribution >= 0.6 is 0 Å². The van der Waals surface area contributed by atoms with Crippen molar-refractivity contribution in [2.45, 2.75) is 25.9 Å². The van der Waals surface area contributed by atoms with Gasteiger partial charge in [-0.15, -0.1) is 0 Å². The van der Waals surface area contributed by atoms with Crippen LogP contribution in [0.5, 0.6) is 0 Å². The van der Waals surface area contributed by atoms with Crippen LogP contribution in [-0.2, 0) is 4.84 Å². The molecule has 0 saturated carbocycles. The Bertz CT molecular complexity index is 406. The summed E-state index contributed by atoms with van der Waals surface area (Å²) >= 11 is 0. The van der Waals surface area contributed by atoms with E-state index >= 15 is 0 Å². The van der Waals surface area contributed by atoms with Crippen molar-refractivity contribution in [1.29, 1.82) is 0 Å². The van der Waals surface area contributed by atoms with E-state index in [0.29, 0.717) is 6.54 Å². The van der Waals surface area contributed by atoms with Gasteiger partial charge in [0.05, 0.1) is 6.10 Å². The number of benzene rings is 1. The first kappa shape index (κ1) is 12.1. The number of carbonyl (C=O) groups is 1. The molecule has 2 N–H and O–H groups in total. The molecule has 2 rings (SSSR count). The third-order valence-corrected chi connectivity index (χ3v) is 3.23. The van der Waals surface area contributed by atoms with Crippen molar-refractivity contribution >= 4 is 5.91 Å². The standard InChI is InChI=1S/C13H18N2O2/c1-10-5-2-3-7-12(10)13(16)15-8-4-6-11(9-15)17-14/h2-3,5,7,11H,4,6,8-9,14H2,1H3. The number of hydrogen-bond acceptors (Lipinski definition) is 3. The highest BCUT2D eigenvalue weighted by molar-refractivity contribution is 5.95. The zero-order chi connectivity index (χ0) is 12.3. The molecule has 4 heteroatoms. The predicted molar refractivity (Wildman–Crippen MR) is 65.4 cm³/mol. The van der Waals surface area contributed by atoms with Gasteiger partial charge in [0, 0.05) is 18.7 Å². The molecule has 1 saturated heterocycles. The van der Waals surface area contributed by atoms with Gasteiger partial charge in [-0.05, 0) is 31.4 Å². The average molecular weight is 234 g/mol. The lowest BCUT2D eigenvalue weighted by atomic mass is 10.0. The molecule has 92 valence electrons. The third kappa shape index (κ3) is 2.65. The van der Waals surface area contributed by atoms with E-state index < -0.39 is 0 Å². The lowest BCUT2D eigenvalue weighted by Gasteiger charge is -2.31. The van der Waals surface area contributed by atoms with Gasteiger partial charge in [-0.1, -0.05) is 18.2 Å². The van der Waals surface area contributed by atoms with Gasteiger partial charge in [-0.2, -0.15) is 0 Å². The second-order valence-corrected chi connectivity index (χ2v) is 4.47. The fourth-order valence-corrected chi connectivity index (χ4v) is 2.22. The van der Waals surface area contributed by atoms with Gasteiger partial charge in [0.1, 0.15) is 0 Å². The molecule has 1 atom stereocenters. The third-order valence-electron chi connectivity index (χ3n) is 3.23. The van der Waals surface area contributed by atoms with Crippen LogP contribution in [0.4, 0.5) is 0 Å². The molecule has 0 radical (unpaired) electrons. The first-order valence-electron chi connectivity index (χ1n) is 5.93. The molecule has 17 heavy (non-hydrogen) atoms. The Kier molecular flexibility index (Phi) is 3.76. The van der Waals surface area contributed by atoms with Gasteiger partial charge in [0.25, 0.3) is 5.91 Å². The van der Waals surface area contributed by atoms with Gasteiger partial charge < -0.3 is 4.90 Å². The Balaban J connectivity index is 2.12. The lowest BCUT2D eigenvalue weighted by Crippen LogP contribution is -2.44. The molecule has 1 fully saturated rings. The molecule has 4 nitrogen and oxygen atoms in total. The fourth-order valence-electron chi connectivity index (χ4n) is 2.22. The molecular weight excluding hydrogens is 216 g/mol. The number of nitrogens with two attached hydrogens (primary N) is 1. The minimum absolute atomic E-state index is 0.0308. The van der Waals surface area contributed by atoms with E-state index in [-0.39, 0.29) is 12.0 Å². The molecular formula is C13H18N2O2. The van der Waals surface area contributed by atoms with Gasteiger partial charge in [-0.25, -0.2) is 5.90 Å². The Morgan fingerprint density at radius 2 is 2.24 bits per heavy atom. The highest BCUT2D eigenvalue weighted by Gasteiger charge is 2.25. The fraction of sp³-hybridized carbons (Fsp3) is 0.462. The van der Waals surface area contributed by atoms with E-state index in [9.17, 15) is 4.79 Å². The van der Waals surface area contributed by atoms with E-state index in [4.69, 9.17) is 10.7 Å². The maximum Gasteiger partial charge on any atom is 0.254 e. The number of likely N-dealkylation sites (tertiary alicyclic amines) is 1. The Labute approximate surface area is 101 Å². The molecule has 1 unspecified atom stereocenters. The maximum absolute atomic E-state index is 12.3. The van der Waals surface area contributed by atoms with Crippen LogP contribution in [0.2, 0.25) is 0 Å².